The van der Waals surface area contributed by atoms with Crippen molar-refractivity contribution in [2.45, 2.75) is 127 Å². The van der Waals surface area contributed by atoms with Crippen molar-refractivity contribution >= 4 is 35.6 Å². The van der Waals surface area contributed by atoms with E-state index in [1.807, 2.05) is 4.68 Å². The Kier molecular flexibility index (Phi) is 11.5. The SMILES string of the molecule is COCOc1cc(-c2nc3c4c(nc(OC[C@@]56CCCN5C[C@H](F)C6)nc4c2F)N2CCCCC2CCn2nncc2-3)c2c(C#C[Si](C(C)C)(C(C)C)C(C)C)c(F)ccc2c1. The van der Waals surface area contributed by atoms with E-state index >= 15 is 8.78 Å². The van der Waals surface area contributed by atoms with E-state index < -0.39 is 31.4 Å². The molecule has 0 saturated carbocycles. The first-order valence-electron chi connectivity index (χ1n) is 22.4. The molecular formula is C47H57F3N8O3Si. The van der Waals surface area contributed by atoms with E-state index in [9.17, 15) is 4.39 Å². The molecule has 3 fully saturated rings. The van der Waals surface area contributed by atoms with E-state index in [4.69, 9.17) is 29.2 Å². The van der Waals surface area contributed by atoms with Crippen molar-refractivity contribution in [3.63, 3.8) is 0 Å². The highest BCUT2D eigenvalue weighted by molar-refractivity contribution is 6.90. The lowest BCUT2D eigenvalue weighted by atomic mass is 9.95. The number of ether oxygens (including phenoxy) is 3. The van der Waals surface area contributed by atoms with E-state index in [0.29, 0.717) is 81.8 Å². The number of rotatable bonds is 10. The average Bonchev–Trinajstić information content (AvgIpc) is 3.96. The van der Waals surface area contributed by atoms with Crippen LogP contribution in [0.1, 0.15) is 92.1 Å². The van der Waals surface area contributed by atoms with Gasteiger partial charge in [-0.3, -0.25) is 4.90 Å². The van der Waals surface area contributed by atoms with Crippen molar-refractivity contribution in [2.75, 3.05) is 45.0 Å². The normalized spacial score (nSPS) is 21.5. The first kappa shape index (κ1) is 42.5. The molecule has 4 aliphatic heterocycles. The van der Waals surface area contributed by atoms with Crippen molar-refractivity contribution in [3.8, 4) is 45.9 Å². The first-order valence-corrected chi connectivity index (χ1v) is 24.6. The molecule has 3 saturated heterocycles. The minimum atomic E-state index is -2.34. The van der Waals surface area contributed by atoms with Gasteiger partial charge in [0.15, 0.2) is 12.6 Å². The molecule has 1 unspecified atom stereocenters. The molecule has 0 bridgehead atoms. The van der Waals surface area contributed by atoms with Gasteiger partial charge in [-0.2, -0.15) is 9.97 Å². The van der Waals surface area contributed by atoms with Crippen molar-refractivity contribution in [2.24, 2.45) is 0 Å². The second kappa shape index (κ2) is 16.7. The molecule has 9 rings (SSSR count). The van der Waals surface area contributed by atoms with Gasteiger partial charge in [0, 0.05) is 50.2 Å². The Labute approximate surface area is 362 Å². The molecule has 0 N–H and O–H groups in total. The van der Waals surface area contributed by atoms with Gasteiger partial charge in [-0.15, -0.1) is 10.6 Å². The van der Waals surface area contributed by atoms with Crippen LogP contribution < -0.4 is 14.4 Å². The highest BCUT2D eigenvalue weighted by Crippen LogP contribution is 2.46. The van der Waals surface area contributed by atoms with Gasteiger partial charge < -0.3 is 19.1 Å². The van der Waals surface area contributed by atoms with Crippen LogP contribution >= 0.6 is 0 Å². The van der Waals surface area contributed by atoms with E-state index in [0.717, 1.165) is 45.1 Å². The highest BCUT2D eigenvalue weighted by atomic mass is 28.3. The Hall–Kier alpha value is -4.78. The quantitative estimate of drug-likeness (QED) is 0.0766. The van der Waals surface area contributed by atoms with Crippen LogP contribution in [0.25, 0.3) is 44.3 Å². The largest absolute Gasteiger partial charge is 0.468 e. The zero-order valence-electron chi connectivity index (χ0n) is 36.9. The van der Waals surface area contributed by atoms with E-state index in [-0.39, 0.29) is 47.8 Å². The Morgan fingerprint density at radius 3 is 2.48 bits per heavy atom. The molecule has 3 aromatic heterocycles. The Morgan fingerprint density at radius 2 is 1.71 bits per heavy atom. The number of benzene rings is 2. The molecule has 5 aromatic rings. The second-order valence-electron chi connectivity index (χ2n) is 18.7. The Balaban J connectivity index is 1.33. The zero-order chi connectivity index (χ0) is 43.5. The molecule has 15 heteroatoms. The number of halogens is 3. The monoisotopic (exact) mass is 866 g/mol. The number of anilines is 1. The van der Waals surface area contributed by atoms with Gasteiger partial charge in [0.2, 0.25) is 0 Å². The molecule has 4 aliphatic rings. The summed E-state index contributed by atoms with van der Waals surface area (Å²) >= 11 is 0. The molecule has 0 amide bonds. The van der Waals surface area contributed by atoms with Crippen molar-refractivity contribution in [1.29, 1.82) is 0 Å². The van der Waals surface area contributed by atoms with Crippen LogP contribution in [-0.4, -0.2) is 101 Å². The smallest absolute Gasteiger partial charge is 0.319 e. The number of methoxy groups -OCH3 is 1. The maximum Gasteiger partial charge on any atom is 0.319 e. The average molecular weight is 867 g/mol. The number of piperidine rings is 1. The Bertz CT molecular complexity index is 2550. The molecule has 11 nitrogen and oxygen atoms in total. The molecule has 62 heavy (non-hydrogen) atoms. The number of aryl methyl sites for hydroxylation is 1. The lowest BCUT2D eigenvalue weighted by Crippen LogP contribution is -2.43. The molecule has 3 atom stereocenters. The summed E-state index contributed by atoms with van der Waals surface area (Å²) in [5, 5.41) is 10.2. The van der Waals surface area contributed by atoms with Crippen molar-refractivity contribution in [3.05, 3.63) is 47.7 Å². The van der Waals surface area contributed by atoms with E-state index in [2.05, 4.69) is 73.1 Å². The number of hydrogen-bond donors (Lipinski definition) is 0. The molecule has 0 aliphatic carbocycles. The standard InChI is InChI=1S/C47H57F3N8O3Si/c1-28(2)62(29(3)4,30(5)6)20-15-35-37(49)13-12-31-21-34(61-27-59-7)22-36(39(31)35)42-41(50)44-40-43(52-42)38-24-51-55-58(38)19-14-33-11-8-9-18-57(33)45(40)54-46(53-44)60-26-47-16-10-17-56(47)25-32(48)23-47/h12-13,21-22,24,28-30,32-33H,8-11,14,16-19,23,25-27H2,1-7H3/t32-,33?,47+/m1/s1. The van der Waals surface area contributed by atoms with E-state index in [1.165, 1.54) is 13.2 Å². The van der Waals surface area contributed by atoms with Crippen LogP contribution in [-0.2, 0) is 11.3 Å². The van der Waals surface area contributed by atoms with Gasteiger partial charge in [0.25, 0.3) is 0 Å². The zero-order valence-corrected chi connectivity index (χ0v) is 37.9. The molecule has 7 heterocycles. The van der Waals surface area contributed by atoms with Gasteiger partial charge in [-0.1, -0.05) is 58.7 Å². The topological polar surface area (TPSA) is 104 Å². The van der Waals surface area contributed by atoms with E-state index in [1.54, 1.807) is 24.4 Å². The Morgan fingerprint density at radius 1 is 0.903 bits per heavy atom. The first-order chi connectivity index (χ1) is 29.8. The molecule has 0 spiro atoms. The number of pyridine rings is 1. The van der Waals surface area contributed by atoms with Crippen LogP contribution in [0, 0.1) is 23.1 Å². The van der Waals surface area contributed by atoms with Gasteiger partial charge in [-0.05, 0) is 85.3 Å². The summed E-state index contributed by atoms with van der Waals surface area (Å²) in [5.74, 6) is 3.06. The van der Waals surface area contributed by atoms with Crippen molar-refractivity contribution in [1.82, 2.24) is 34.8 Å². The molecule has 0 radical (unpaired) electrons. The van der Waals surface area contributed by atoms with Gasteiger partial charge in [0.05, 0.1) is 22.7 Å². The van der Waals surface area contributed by atoms with Gasteiger partial charge in [-0.25, -0.2) is 22.8 Å². The van der Waals surface area contributed by atoms with Gasteiger partial charge >= 0.3 is 6.01 Å². The lowest BCUT2D eigenvalue weighted by molar-refractivity contribution is 0.0512. The highest BCUT2D eigenvalue weighted by Gasteiger charge is 2.49. The molecule has 2 aromatic carbocycles. The van der Waals surface area contributed by atoms with Crippen LogP contribution in [0.15, 0.2) is 30.5 Å². The van der Waals surface area contributed by atoms with Crippen LogP contribution in [0.5, 0.6) is 11.8 Å². The predicted molar refractivity (Wildman–Crippen MR) is 238 cm³/mol. The maximum atomic E-state index is 18.2. The fourth-order valence-corrected chi connectivity index (χ4v) is 16.6. The number of aromatic nitrogens is 6. The third-order valence-electron chi connectivity index (χ3n) is 14.3. The van der Waals surface area contributed by atoms with Crippen LogP contribution in [0.4, 0.5) is 19.0 Å². The predicted octanol–water partition coefficient (Wildman–Crippen LogP) is 9.65. The fourth-order valence-electron chi connectivity index (χ4n) is 11.4. The summed E-state index contributed by atoms with van der Waals surface area (Å²) < 4.78 is 69.3. The second-order valence-corrected chi connectivity index (χ2v) is 24.3. The number of fused-ring (bicyclic) bond motifs is 6. The summed E-state index contributed by atoms with van der Waals surface area (Å²) in [6.07, 6.45) is 6.51. The van der Waals surface area contributed by atoms with Crippen molar-refractivity contribution < 1.29 is 27.4 Å². The summed E-state index contributed by atoms with van der Waals surface area (Å²) in [4.78, 5) is 19.6. The summed E-state index contributed by atoms with van der Waals surface area (Å²) in [6, 6.07) is 6.66. The minimum Gasteiger partial charge on any atom is -0.468 e. The van der Waals surface area contributed by atoms with Crippen LogP contribution in [0.2, 0.25) is 16.6 Å². The molecular weight excluding hydrogens is 810 g/mol. The van der Waals surface area contributed by atoms with Crippen LogP contribution in [0.3, 0.4) is 0 Å². The summed E-state index contributed by atoms with van der Waals surface area (Å²) in [7, 11) is -0.815. The third-order valence-corrected chi connectivity index (χ3v) is 20.6. The summed E-state index contributed by atoms with van der Waals surface area (Å²) in [6.45, 7) is 15.9. The maximum absolute atomic E-state index is 18.2. The van der Waals surface area contributed by atoms with Gasteiger partial charge in [0.1, 0.15) is 60.8 Å². The minimum absolute atomic E-state index is 0.00536. The fraction of sp³-hybridized carbons (Fsp3) is 0.553. The third kappa shape index (κ3) is 7.19. The number of nitrogens with zero attached hydrogens (tertiary/aromatic N) is 8. The number of hydrogen-bond acceptors (Lipinski definition) is 10. The lowest BCUT2D eigenvalue weighted by Gasteiger charge is -2.38. The number of alkyl halides is 1. The molecule has 328 valence electrons. The summed E-state index contributed by atoms with van der Waals surface area (Å²) in [5.41, 5.74) is 5.53.